The molecule has 0 atom stereocenters. The summed E-state index contributed by atoms with van der Waals surface area (Å²) in [6, 6.07) is 4.52. The van der Waals surface area contributed by atoms with Gasteiger partial charge in [-0.2, -0.15) is 0 Å². The van der Waals surface area contributed by atoms with Gasteiger partial charge in [0.25, 0.3) is 0 Å². The predicted molar refractivity (Wildman–Crippen MR) is 61.6 cm³/mol. The minimum absolute atomic E-state index is 0.0327. The zero-order chi connectivity index (χ0) is 13.1. The first-order valence-corrected chi connectivity index (χ1v) is 5.93. The first kappa shape index (κ1) is 12.6. The molecule has 6 heteroatoms. The van der Waals surface area contributed by atoms with Crippen LogP contribution in [0.3, 0.4) is 0 Å². The van der Waals surface area contributed by atoms with Crippen LogP contribution in [0.1, 0.15) is 16.1 Å². The molecule has 18 heavy (non-hydrogen) atoms. The van der Waals surface area contributed by atoms with Crippen molar-refractivity contribution in [3.63, 3.8) is 0 Å². The molecule has 0 unspecified atom stereocenters. The van der Waals surface area contributed by atoms with E-state index in [9.17, 15) is 13.6 Å². The van der Waals surface area contributed by atoms with Crippen LogP contribution in [0.25, 0.3) is 0 Å². The van der Waals surface area contributed by atoms with E-state index < -0.39 is 17.6 Å². The number of rotatable bonds is 4. The van der Waals surface area contributed by atoms with E-state index in [0.29, 0.717) is 5.76 Å². The summed E-state index contributed by atoms with van der Waals surface area (Å²) in [7, 11) is 0. The number of benzene rings is 1. The van der Waals surface area contributed by atoms with Crippen LogP contribution < -0.4 is 0 Å². The Kier molecular flexibility index (Phi) is 3.66. The third-order valence-electron chi connectivity index (χ3n) is 2.16. The van der Waals surface area contributed by atoms with Crippen molar-refractivity contribution in [2.45, 2.75) is 10.6 Å². The van der Waals surface area contributed by atoms with E-state index in [2.05, 4.69) is 0 Å². The maximum atomic E-state index is 13.3. The lowest BCUT2D eigenvalue weighted by Gasteiger charge is -2.01. The zero-order valence-electron chi connectivity index (χ0n) is 9.02. The van der Waals surface area contributed by atoms with Crippen molar-refractivity contribution in [1.29, 1.82) is 0 Å². The lowest BCUT2D eigenvalue weighted by Crippen LogP contribution is -1.91. The van der Waals surface area contributed by atoms with Crippen LogP contribution in [0.15, 0.2) is 39.8 Å². The molecule has 2 aromatic rings. The zero-order valence-corrected chi connectivity index (χ0v) is 9.84. The minimum Gasteiger partial charge on any atom is -0.478 e. The Morgan fingerprint density at radius 3 is 2.78 bits per heavy atom. The quantitative estimate of drug-likeness (QED) is 0.863. The van der Waals surface area contributed by atoms with Crippen LogP contribution in [0, 0.1) is 11.6 Å². The molecule has 3 nitrogen and oxygen atoms in total. The summed E-state index contributed by atoms with van der Waals surface area (Å²) >= 11 is 1.04. The lowest BCUT2D eigenvalue weighted by molar-refractivity contribution is 0.0696. The van der Waals surface area contributed by atoms with Crippen molar-refractivity contribution in [3.8, 4) is 0 Å². The molecule has 0 saturated carbocycles. The molecule has 0 fully saturated rings. The van der Waals surface area contributed by atoms with Crippen molar-refractivity contribution in [1.82, 2.24) is 0 Å². The smallest absolute Gasteiger partial charge is 0.338 e. The third kappa shape index (κ3) is 2.89. The molecule has 1 aromatic carbocycles. The topological polar surface area (TPSA) is 50.4 Å². The Morgan fingerprint density at radius 1 is 1.33 bits per heavy atom. The van der Waals surface area contributed by atoms with Crippen molar-refractivity contribution in [2.75, 3.05) is 0 Å². The van der Waals surface area contributed by atoms with Gasteiger partial charge in [-0.3, -0.25) is 0 Å². The summed E-state index contributed by atoms with van der Waals surface area (Å²) in [5.74, 6) is -1.52. The molecule has 0 amide bonds. The van der Waals surface area contributed by atoms with Gasteiger partial charge in [0.15, 0.2) is 0 Å². The largest absolute Gasteiger partial charge is 0.478 e. The van der Waals surface area contributed by atoms with Gasteiger partial charge in [0, 0.05) is 4.90 Å². The van der Waals surface area contributed by atoms with Crippen LogP contribution in [-0.4, -0.2) is 11.1 Å². The number of thioether (sulfide) groups is 1. The Bertz CT molecular complexity index is 580. The Morgan fingerprint density at radius 2 is 2.11 bits per heavy atom. The van der Waals surface area contributed by atoms with Crippen molar-refractivity contribution in [3.05, 3.63) is 53.5 Å². The van der Waals surface area contributed by atoms with Crippen LogP contribution in [0.4, 0.5) is 8.78 Å². The summed E-state index contributed by atoms with van der Waals surface area (Å²) < 4.78 is 31.2. The molecule has 0 aliphatic carbocycles. The van der Waals surface area contributed by atoms with Gasteiger partial charge in [-0.1, -0.05) is 0 Å². The van der Waals surface area contributed by atoms with E-state index >= 15 is 0 Å². The van der Waals surface area contributed by atoms with Crippen LogP contribution >= 0.6 is 11.8 Å². The second-order valence-corrected chi connectivity index (χ2v) is 4.49. The fraction of sp³-hybridized carbons (Fsp3) is 0.0833. The second kappa shape index (κ2) is 5.22. The predicted octanol–water partition coefficient (Wildman–Crippen LogP) is 3.55. The van der Waals surface area contributed by atoms with E-state index in [0.717, 1.165) is 36.2 Å². The number of carbonyl (C=O) groups is 1. The molecular formula is C12H8F2O3S. The normalized spacial score (nSPS) is 10.6. The molecule has 0 saturated heterocycles. The van der Waals surface area contributed by atoms with Gasteiger partial charge in [0.2, 0.25) is 0 Å². The summed E-state index contributed by atoms with van der Waals surface area (Å²) in [4.78, 5) is 10.8. The van der Waals surface area contributed by atoms with Crippen molar-refractivity contribution in [2.24, 2.45) is 0 Å². The highest BCUT2D eigenvalue weighted by Gasteiger charge is 2.10. The maximum absolute atomic E-state index is 13.3. The summed E-state index contributed by atoms with van der Waals surface area (Å²) in [5.41, 5.74) is 0.0327. The molecule has 1 aromatic heterocycles. The van der Waals surface area contributed by atoms with Crippen molar-refractivity contribution >= 4 is 17.7 Å². The first-order chi connectivity index (χ1) is 8.56. The Hall–Kier alpha value is -1.82. The fourth-order valence-corrected chi connectivity index (χ4v) is 2.16. The Balaban J connectivity index is 2.06. The average Bonchev–Trinajstić information content (AvgIpc) is 2.79. The number of furan rings is 1. The van der Waals surface area contributed by atoms with E-state index in [4.69, 9.17) is 9.52 Å². The molecule has 1 heterocycles. The van der Waals surface area contributed by atoms with Gasteiger partial charge in [-0.05, 0) is 24.3 Å². The molecule has 2 rings (SSSR count). The molecule has 1 N–H and O–H groups in total. The molecule has 0 bridgehead atoms. The van der Waals surface area contributed by atoms with Crippen LogP contribution in [0.5, 0.6) is 0 Å². The molecule has 94 valence electrons. The van der Waals surface area contributed by atoms with Crippen molar-refractivity contribution < 1.29 is 23.1 Å². The van der Waals surface area contributed by atoms with E-state index in [1.807, 2.05) is 0 Å². The lowest BCUT2D eigenvalue weighted by atomic mass is 10.3. The van der Waals surface area contributed by atoms with Gasteiger partial charge in [-0.25, -0.2) is 13.6 Å². The first-order valence-electron chi connectivity index (χ1n) is 4.95. The van der Waals surface area contributed by atoms with Gasteiger partial charge in [-0.15, -0.1) is 11.8 Å². The number of carboxylic acid groups (broad SMARTS) is 1. The summed E-state index contributed by atoms with van der Waals surface area (Å²) in [5, 5.41) is 8.69. The van der Waals surface area contributed by atoms with Gasteiger partial charge in [0.1, 0.15) is 23.7 Å². The Labute approximate surface area is 105 Å². The van der Waals surface area contributed by atoms with Crippen LogP contribution in [-0.2, 0) is 5.75 Å². The number of aromatic carboxylic acids is 1. The monoisotopic (exact) mass is 270 g/mol. The number of halogens is 2. The molecule has 0 aliphatic rings. The molecule has 0 aliphatic heterocycles. The minimum atomic E-state index is -1.09. The van der Waals surface area contributed by atoms with Gasteiger partial charge >= 0.3 is 5.97 Å². The molecule has 0 radical (unpaired) electrons. The van der Waals surface area contributed by atoms with Crippen LogP contribution in [0.2, 0.25) is 0 Å². The van der Waals surface area contributed by atoms with E-state index in [1.54, 1.807) is 0 Å². The number of carboxylic acids is 1. The fourth-order valence-electron chi connectivity index (χ4n) is 1.31. The average molecular weight is 270 g/mol. The van der Waals surface area contributed by atoms with E-state index in [-0.39, 0.29) is 16.2 Å². The number of hydrogen-bond donors (Lipinski definition) is 1. The maximum Gasteiger partial charge on any atom is 0.338 e. The highest BCUT2D eigenvalue weighted by molar-refractivity contribution is 7.98. The summed E-state index contributed by atoms with van der Waals surface area (Å²) in [6.45, 7) is 0. The standard InChI is InChI=1S/C12H8F2O3S/c13-8-1-2-10(14)11(4-8)18-6-9-3-7(5-17-9)12(15)16/h1-5H,6H2,(H,15,16). The summed E-state index contributed by atoms with van der Waals surface area (Å²) in [6.07, 6.45) is 1.11. The number of hydrogen-bond acceptors (Lipinski definition) is 3. The third-order valence-corrected chi connectivity index (χ3v) is 3.22. The van der Waals surface area contributed by atoms with E-state index in [1.165, 1.54) is 6.07 Å². The SMILES string of the molecule is O=C(O)c1coc(CSc2cc(F)ccc2F)c1. The highest BCUT2D eigenvalue weighted by atomic mass is 32.2. The second-order valence-electron chi connectivity index (χ2n) is 3.47. The molecular weight excluding hydrogens is 262 g/mol. The molecule has 0 spiro atoms. The van der Waals surface area contributed by atoms with Gasteiger partial charge < -0.3 is 9.52 Å². The highest BCUT2D eigenvalue weighted by Crippen LogP contribution is 2.26. The van der Waals surface area contributed by atoms with Gasteiger partial charge in [0.05, 0.1) is 11.3 Å².